The molecule has 0 bridgehead atoms. The van der Waals surface area contributed by atoms with E-state index in [2.05, 4.69) is 29.1 Å². The van der Waals surface area contributed by atoms with E-state index in [1.165, 1.54) is 6.07 Å². The van der Waals surface area contributed by atoms with Gasteiger partial charge in [-0.3, -0.25) is 0 Å². The van der Waals surface area contributed by atoms with E-state index in [1.807, 2.05) is 0 Å². The van der Waals surface area contributed by atoms with Gasteiger partial charge >= 0.3 is 0 Å². The van der Waals surface area contributed by atoms with Crippen molar-refractivity contribution in [1.82, 2.24) is 15.3 Å². The van der Waals surface area contributed by atoms with E-state index < -0.39 is 0 Å². The standard InChI is InChI=1S/C15H17ClFN3/c1-10(2)18-7-11-8-19-15(20-9-11)6-12-13(16)4-3-5-14(12)17/h3-5,8-10,18H,6-7H2,1-2H3. The molecule has 0 spiro atoms. The van der Waals surface area contributed by atoms with E-state index in [0.717, 1.165) is 12.1 Å². The van der Waals surface area contributed by atoms with Gasteiger partial charge in [0, 0.05) is 47.6 Å². The lowest BCUT2D eigenvalue weighted by Gasteiger charge is -2.08. The molecule has 2 rings (SSSR count). The van der Waals surface area contributed by atoms with Crippen molar-refractivity contribution >= 4 is 11.6 Å². The van der Waals surface area contributed by atoms with E-state index >= 15 is 0 Å². The fraction of sp³-hybridized carbons (Fsp3) is 0.333. The molecule has 0 saturated carbocycles. The van der Waals surface area contributed by atoms with Crippen LogP contribution in [0.2, 0.25) is 5.02 Å². The summed E-state index contributed by atoms with van der Waals surface area (Å²) >= 11 is 5.99. The number of nitrogens with one attached hydrogen (secondary N) is 1. The molecule has 2 aromatic rings. The average Bonchev–Trinajstić information content (AvgIpc) is 2.42. The second kappa shape index (κ2) is 6.77. The maximum Gasteiger partial charge on any atom is 0.132 e. The first kappa shape index (κ1) is 14.9. The number of aromatic nitrogens is 2. The summed E-state index contributed by atoms with van der Waals surface area (Å²) in [5.74, 6) is 0.233. The normalized spacial score (nSPS) is 11.1. The molecule has 0 aliphatic carbocycles. The third-order valence-corrected chi connectivity index (χ3v) is 3.22. The molecule has 0 radical (unpaired) electrons. The molecular weight excluding hydrogens is 277 g/mol. The monoisotopic (exact) mass is 293 g/mol. The Morgan fingerprint density at radius 3 is 2.55 bits per heavy atom. The lowest BCUT2D eigenvalue weighted by atomic mass is 10.1. The highest BCUT2D eigenvalue weighted by Crippen LogP contribution is 2.20. The Kier molecular flexibility index (Phi) is 5.04. The van der Waals surface area contributed by atoms with E-state index in [0.29, 0.717) is 28.9 Å². The summed E-state index contributed by atoms with van der Waals surface area (Å²) in [5.41, 5.74) is 1.43. The molecule has 1 N–H and O–H groups in total. The smallest absolute Gasteiger partial charge is 0.132 e. The minimum atomic E-state index is -0.327. The highest BCUT2D eigenvalue weighted by atomic mass is 35.5. The summed E-state index contributed by atoms with van der Waals surface area (Å²) in [4.78, 5) is 8.52. The van der Waals surface area contributed by atoms with Crippen molar-refractivity contribution in [1.29, 1.82) is 0 Å². The summed E-state index contributed by atoms with van der Waals surface area (Å²) in [5, 5.41) is 3.69. The second-order valence-electron chi connectivity index (χ2n) is 4.92. The summed E-state index contributed by atoms with van der Waals surface area (Å²) in [7, 11) is 0. The molecule has 3 nitrogen and oxygen atoms in total. The molecule has 1 aromatic heterocycles. The molecule has 1 heterocycles. The summed E-state index contributed by atoms with van der Waals surface area (Å²) in [6.45, 7) is 4.88. The Morgan fingerprint density at radius 1 is 1.25 bits per heavy atom. The maximum atomic E-state index is 13.7. The van der Waals surface area contributed by atoms with Crippen molar-refractivity contribution in [3.8, 4) is 0 Å². The van der Waals surface area contributed by atoms with Crippen LogP contribution in [0, 0.1) is 5.82 Å². The van der Waals surface area contributed by atoms with E-state index in [1.54, 1.807) is 24.5 Å². The number of nitrogens with zero attached hydrogens (tertiary/aromatic N) is 2. The van der Waals surface area contributed by atoms with Gasteiger partial charge in [0.2, 0.25) is 0 Å². The van der Waals surface area contributed by atoms with Gasteiger partial charge < -0.3 is 5.32 Å². The van der Waals surface area contributed by atoms with Crippen molar-refractivity contribution in [2.45, 2.75) is 32.9 Å². The molecule has 20 heavy (non-hydrogen) atoms. The van der Waals surface area contributed by atoms with Gasteiger partial charge in [-0.2, -0.15) is 0 Å². The molecule has 0 unspecified atom stereocenters. The average molecular weight is 294 g/mol. The van der Waals surface area contributed by atoms with Crippen LogP contribution >= 0.6 is 11.6 Å². The van der Waals surface area contributed by atoms with Gasteiger partial charge in [0.1, 0.15) is 11.6 Å². The van der Waals surface area contributed by atoms with Crippen molar-refractivity contribution in [2.75, 3.05) is 0 Å². The Labute approximate surface area is 123 Å². The Hall–Kier alpha value is -1.52. The van der Waals surface area contributed by atoms with Crippen molar-refractivity contribution < 1.29 is 4.39 Å². The van der Waals surface area contributed by atoms with Gasteiger partial charge in [-0.15, -0.1) is 0 Å². The molecule has 0 aliphatic heterocycles. The van der Waals surface area contributed by atoms with Gasteiger partial charge in [0.25, 0.3) is 0 Å². The molecule has 0 amide bonds. The second-order valence-corrected chi connectivity index (χ2v) is 5.33. The van der Waals surface area contributed by atoms with Crippen LogP contribution in [0.5, 0.6) is 0 Å². The summed E-state index contributed by atoms with van der Waals surface area (Å²) in [6, 6.07) is 5.05. The Balaban J connectivity index is 2.07. The van der Waals surface area contributed by atoms with Crippen molar-refractivity contribution in [3.63, 3.8) is 0 Å². The number of halogens is 2. The van der Waals surface area contributed by atoms with Crippen LogP contribution < -0.4 is 5.32 Å². The molecule has 5 heteroatoms. The largest absolute Gasteiger partial charge is 0.310 e. The number of hydrogen-bond donors (Lipinski definition) is 1. The SMILES string of the molecule is CC(C)NCc1cnc(Cc2c(F)cccc2Cl)nc1. The zero-order valence-corrected chi connectivity index (χ0v) is 12.3. The third-order valence-electron chi connectivity index (χ3n) is 2.87. The number of rotatable bonds is 5. The van der Waals surface area contributed by atoms with Crippen molar-refractivity contribution in [3.05, 3.63) is 58.4 Å². The highest BCUT2D eigenvalue weighted by molar-refractivity contribution is 6.31. The van der Waals surface area contributed by atoms with Crippen LogP contribution in [0.15, 0.2) is 30.6 Å². The molecular formula is C15H17ClFN3. The molecule has 1 aromatic carbocycles. The summed E-state index contributed by atoms with van der Waals surface area (Å²) in [6.07, 6.45) is 3.81. The van der Waals surface area contributed by atoms with Crippen molar-refractivity contribution in [2.24, 2.45) is 0 Å². The van der Waals surface area contributed by atoms with Crippen LogP contribution in [-0.4, -0.2) is 16.0 Å². The Morgan fingerprint density at radius 2 is 1.95 bits per heavy atom. The lowest BCUT2D eigenvalue weighted by molar-refractivity contribution is 0.586. The molecule has 0 aliphatic rings. The third kappa shape index (κ3) is 3.99. The zero-order chi connectivity index (χ0) is 14.5. The first-order valence-electron chi connectivity index (χ1n) is 6.52. The van der Waals surface area contributed by atoms with E-state index in [9.17, 15) is 4.39 Å². The fourth-order valence-corrected chi connectivity index (χ4v) is 1.98. The minimum absolute atomic E-state index is 0.295. The summed E-state index contributed by atoms with van der Waals surface area (Å²) < 4.78 is 13.7. The molecule has 106 valence electrons. The fourth-order valence-electron chi connectivity index (χ4n) is 1.75. The van der Waals surface area contributed by atoms with E-state index in [4.69, 9.17) is 11.6 Å². The number of benzene rings is 1. The lowest BCUT2D eigenvalue weighted by Crippen LogP contribution is -2.22. The van der Waals surface area contributed by atoms with Crippen LogP contribution in [0.3, 0.4) is 0 Å². The molecule has 0 fully saturated rings. The number of hydrogen-bond acceptors (Lipinski definition) is 3. The van der Waals surface area contributed by atoms with Crippen LogP contribution in [-0.2, 0) is 13.0 Å². The van der Waals surface area contributed by atoms with Gasteiger partial charge in [0.15, 0.2) is 0 Å². The van der Waals surface area contributed by atoms with Crippen LogP contribution in [0.1, 0.15) is 30.8 Å². The Bertz CT molecular complexity index is 550. The first-order chi connectivity index (χ1) is 9.56. The topological polar surface area (TPSA) is 37.8 Å². The van der Waals surface area contributed by atoms with Crippen LogP contribution in [0.4, 0.5) is 4.39 Å². The maximum absolute atomic E-state index is 13.7. The first-order valence-corrected chi connectivity index (χ1v) is 6.90. The predicted molar refractivity (Wildman–Crippen MR) is 78.2 cm³/mol. The highest BCUT2D eigenvalue weighted by Gasteiger charge is 2.09. The predicted octanol–water partition coefficient (Wildman–Crippen LogP) is 3.36. The van der Waals surface area contributed by atoms with E-state index in [-0.39, 0.29) is 5.82 Å². The molecule has 0 saturated heterocycles. The van der Waals surface area contributed by atoms with Gasteiger partial charge in [-0.05, 0) is 12.1 Å². The van der Waals surface area contributed by atoms with Gasteiger partial charge in [-0.25, -0.2) is 14.4 Å². The molecule has 0 atom stereocenters. The van der Waals surface area contributed by atoms with Crippen LogP contribution in [0.25, 0.3) is 0 Å². The minimum Gasteiger partial charge on any atom is -0.310 e. The zero-order valence-electron chi connectivity index (χ0n) is 11.5. The quantitative estimate of drug-likeness (QED) is 0.918. The van der Waals surface area contributed by atoms with Gasteiger partial charge in [-0.1, -0.05) is 31.5 Å². The van der Waals surface area contributed by atoms with Gasteiger partial charge in [0.05, 0.1) is 0 Å².